The number of alkyl halides is 3. The van der Waals surface area contributed by atoms with Crippen molar-refractivity contribution in [3.63, 3.8) is 0 Å². The standard InChI is InChI=1S/C30H28F3N5O5/c1-17-5-10-21(43-17)16-34-27(39)23-15-20(42-4)11-12-24(23)38-25-22(26(35-38)30(31,32)33)13-14-37(29(25)41)19-8-6-18(7-9-19)28(40)36(2)3/h5-12,15H,13-14,16H2,1-4H3,(H,34,39). The third-order valence-electron chi connectivity index (χ3n) is 7.01. The number of anilines is 1. The predicted octanol–water partition coefficient (Wildman–Crippen LogP) is 4.64. The molecule has 2 aromatic heterocycles. The second kappa shape index (κ2) is 11.3. The van der Waals surface area contributed by atoms with Gasteiger partial charge in [0.15, 0.2) is 5.69 Å². The Bertz CT molecular complexity index is 1710. The Morgan fingerprint density at radius 3 is 2.42 bits per heavy atom. The molecule has 0 atom stereocenters. The van der Waals surface area contributed by atoms with Gasteiger partial charge in [-0.2, -0.15) is 18.3 Å². The first-order valence-corrected chi connectivity index (χ1v) is 13.2. The topological polar surface area (TPSA) is 110 Å². The normalized spacial score (nSPS) is 13.1. The molecule has 0 bridgehead atoms. The third kappa shape index (κ3) is 5.70. The van der Waals surface area contributed by atoms with E-state index in [1.54, 1.807) is 57.4 Å². The lowest BCUT2D eigenvalue weighted by Gasteiger charge is -2.28. The zero-order valence-corrected chi connectivity index (χ0v) is 23.8. The van der Waals surface area contributed by atoms with Crippen molar-refractivity contribution in [2.75, 3.05) is 32.6 Å². The summed E-state index contributed by atoms with van der Waals surface area (Å²) in [4.78, 5) is 42.3. The molecule has 0 radical (unpaired) electrons. The second-order valence-electron chi connectivity index (χ2n) is 10.1. The van der Waals surface area contributed by atoms with Crippen molar-refractivity contribution in [2.24, 2.45) is 0 Å². The number of carbonyl (C=O) groups excluding carboxylic acids is 3. The lowest BCUT2D eigenvalue weighted by molar-refractivity contribution is -0.141. The molecule has 0 spiro atoms. The molecule has 3 amide bonds. The van der Waals surface area contributed by atoms with E-state index in [4.69, 9.17) is 9.15 Å². The van der Waals surface area contributed by atoms with Crippen molar-refractivity contribution < 1.29 is 36.7 Å². The molecule has 4 aromatic rings. The number of halogens is 3. The SMILES string of the molecule is COc1ccc(-n2nc(C(F)(F)F)c3c2C(=O)N(c2ccc(C(=O)N(C)C)cc2)CC3)c(C(=O)NCc2ccc(C)o2)c1. The Labute approximate surface area is 244 Å². The molecule has 10 nitrogen and oxygen atoms in total. The monoisotopic (exact) mass is 595 g/mol. The lowest BCUT2D eigenvalue weighted by atomic mass is 10.0. The molecule has 3 heterocycles. The van der Waals surface area contributed by atoms with Crippen LogP contribution in [0, 0.1) is 6.92 Å². The number of carbonyl (C=O) groups is 3. The van der Waals surface area contributed by atoms with Gasteiger partial charge in [-0.05, 0) is 67.9 Å². The van der Waals surface area contributed by atoms with Crippen LogP contribution < -0.4 is 15.0 Å². The van der Waals surface area contributed by atoms with Crippen LogP contribution in [0.3, 0.4) is 0 Å². The molecule has 0 saturated carbocycles. The van der Waals surface area contributed by atoms with Gasteiger partial charge in [-0.25, -0.2) is 4.68 Å². The number of aromatic nitrogens is 2. The summed E-state index contributed by atoms with van der Waals surface area (Å²) in [5, 5.41) is 6.54. The van der Waals surface area contributed by atoms with E-state index in [-0.39, 0.29) is 53.7 Å². The van der Waals surface area contributed by atoms with Crippen LogP contribution in [-0.2, 0) is 19.1 Å². The number of amides is 3. The number of hydrogen-bond acceptors (Lipinski definition) is 6. The van der Waals surface area contributed by atoms with Gasteiger partial charge in [0.1, 0.15) is 23.0 Å². The summed E-state index contributed by atoms with van der Waals surface area (Å²) >= 11 is 0. The number of nitrogens with one attached hydrogen (secondary N) is 1. The zero-order valence-electron chi connectivity index (χ0n) is 23.8. The number of furan rings is 1. The average Bonchev–Trinajstić information content (AvgIpc) is 3.59. The fraction of sp³-hybridized carbons (Fsp3) is 0.267. The van der Waals surface area contributed by atoms with Crippen LogP contribution in [0.5, 0.6) is 5.75 Å². The number of rotatable bonds is 7. The van der Waals surface area contributed by atoms with Crippen LogP contribution in [0.4, 0.5) is 18.9 Å². The molecule has 1 N–H and O–H groups in total. The molecule has 224 valence electrons. The van der Waals surface area contributed by atoms with Crippen molar-refractivity contribution >= 4 is 23.4 Å². The van der Waals surface area contributed by atoms with E-state index < -0.39 is 23.7 Å². The molecule has 0 unspecified atom stereocenters. The first kappa shape index (κ1) is 29.4. The van der Waals surface area contributed by atoms with Gasteiger partial charge in [0.2, 0.25) is 0 Å². The summed E-state index contributed by atoms with van der Waals surface area (Å²) < 4.78 is 54.2. The van der Waals surface area contributed by atoms with Gasteiger partial charge >= 0.3 is 6.18 Å². The van der Waals surface area contributed by atoms with E-state index in [0.717, 1.165) is 4.68 Å². The van der Waals surface area contributed by atoms with Crippen LogP contribution in [0.2, 0.25) is 0 Å². The van der Waals surface area contributed by atoms with Crippen molar-refractivity contribution in [1.29, 1.82) is 0 Å². The van der Waals surface area contributed by atoms with Crippen LogP contribution >= 0.6 is 0 Å². The summed E-state index contributed by atoms with van der Waals surface area (Å²) in [6.07, 6.45) is -4.98. The highest BCUT2D eigenvalue weighted by atomic mass is 19.4. The lowest BCUT2D eigenvalue weighted by Crippen LogP contribution is -2.39. The van der Waals surface area contributed by atoms with E-state index in [1.807, 2.05) is 0 Å². The number of nitrogens with zero attached hydrogens (tertiary/aromatic N) is 4. The number of hydrogen-bond donors (Lipinski definition) is 1. The highest BCUT2D eigenvalue weighted by Gasteiger charge is 2.43. The Balaban J connectivity index is 1.57. The molecule has 1 aliphatic heterocycles. The molecule has 1 aliphatic rings. The number of fused-ring (bicyclic) bond motifs is 1. The van der Waals surface area contributed by atoms with Gasteiger partial charge in [-0.3, -0.25) is 14.4 Å². The Kier molecular flexibility index (Phi) is 7.74. The summed E-state index contributed by atoms with van der Waals surface area (Å²) in [7, 11) is 4.60. The van der Waals surface area contributed by atoms with Crippen LogP contribution in [-0.4, -0.2) is 60.2 Å². The van der Waals surface area contributed by atoms with E-state index in [0.29, 0.717) is 22.8 Å². The van der Waals surface area contributed by atoms with Crippen molar-refractivity contribution in [3.05, 3.63) is 94.2 Å². The Morgan fingerprint density at radius 2 is 1.81 bits per heavy atom. The first-order valence-electron chi connectivity index (χ1n) is 13.2. The van der Waals surface area contributed by atoms with Gasteiger partial charge in [0.05, 0.1) is 24.9 Å². The van der Waals surface area contributed by atoms with Gasteiger partial charge in [-0.1, -0.05) is 0 Å². The quantitative estimate of drug-likeness (QED) is 0.334. The fourth-order valence-electron chi connectivity index (χ4n) is 4.90. The largest absolute Gasteiger partial charge is 0.497 e. The number of benzene rings is 2. The molecular formula is C30H28F3N5O5. The zero-order chi connectivity index (χ0) is 31.1. The number of aryl methyl sites for hydroxylation is 1. The minimum atomic E-state index is -4.85. The number of ether oxygens (including phenoxy) is 1. The van der Waals surface area contributed by atoms with E-state index in [1.165, 1.54) is 35.1 Å². The third-order valence-corrected chi connectivity index (χ3v) is 7.01. The smallest absolute Gasteiger partial charge is 0.435 e. The Morgan fingerprint density at radius 1 is 1.09 bits per heavy atom. The van der Waals surface area contributed by atoms with Gasteiger partial charge in [-0.15, -0.1) is 0 Å². The maximum atomic E-state index is 14.2. The summed E-state index contributed by atoms with van der Waals surface area (Å²) in [5.41, 5.74) is -1.08. The van der Waals surface area contributed by atoms with Gasteiger partial charge < -0.3 is 24.3 Å². The van der Waals surface area contributed by atoms with Crippen LogP contribution in [0.25, 0.3) is 5.69 Å². The van der Waals surface area contributed by atoms with Crippen molar-refractivity contribution in [2.45, 2.75) is 26.1 Å². The summed E-state index contributed by atoms with van der Waals surface area (Å²) in [6.45, 7) is 1.73. The van der Waals surface area contributed by atoms with Crippen LogP contribution in [0.1, 0.15) is 54.0 Å². The Hall–Kier alpha value is -5.07. The van der Waals surface area contributed by atoms with E-state index in [2.05, 4.69) is 10.4 Å². The first-order chi connectivity index (χ1) is 20.4. The molecule has 0 fully saturated rings. The molecule has 0 aliphatic carbocycles. The molecule has 13 heteroatoms. The molecule has 0 saturated heterocycles. The van der Waals surface area contributed by atoms with Gasteiger partial charge in [0, 0.05) is 37.5 Å². The minimum Gasteiger partial charge on any atom is -0.497 e. The van der Waals surface area contributed by atoms with Crippen LogP contribution in [0.15, 0.2) is 59.0 Å². The highest BCUT2D eigenvalue weighted by Crippen LogP contribution is 2.38. The van der Waals surface area contributed by atoms with E-state index in [9.17, 15) is 27.6 Å². The highest BCUT2D eigenvalue weighted by molar-refractivity contribution is 6.08. The summed E-state index contributed by atoms with van der Waals surface area (Å²) in [5.74, 6) is -0.197. The van der Waals surface area contributed by atoms with Crippen molar-refractivity contribution in [3.8, 4) is 11.4 Å². The van der Waals surface area contributed by atoms with Gasteiger partial charge in [0.25, 0.3) is 17.7 Å². The minimum absolute atomic E-state index is 0.0212. The summed E-state index contributed by atoms with van der Waals surface area (Å²) in [6, 6.07) is 13.9. The molecule has 5 rings (SSSR count). The second-order valence-corrected chi connectivity index (χ2v) is 10.1. The molecular weight excluding hydrogens is 567 g/mol. The van der Waals surface area contributed by atoms with Crippen molar-refractivity contribution in [1.82, 2.24) is 20.0 Å². The maximum absolute atomic E-state index is 14.2. The fourth-order valence-corrected chi connectivity index (χ4v) is 4.90. The maximum Gasteiger partial charge on any atom is 0.435 e. The number of methoxy groups -OCH3 is 1. The molecule has 43 heavy (non-hydrogen) atoms. The molecule has 2 aromatic carbocycles. The van der Waals surface area contributed by atoms with E-state index >= 15 is 0 Å². The average molecular weight is 596 g/mol. The predicted molar refractivity (Wildman–Crippen MR) is 150 cm³/mol.